The first kappa shape index (κ1) is 26.0. The molecule has 0 amide bonds. The second-order valence-corrected chi connectivity index (χ2v) is 9.96. The molecule has 1 aliphatic carbocycles. The summed E-state index contributed by atoms with van der Waals surface area (Å²) in [5, 5.41) is 13.4. The number of morpholine rings is 1. The molecule has 1 saturated heterocycles. The molecule has 5 heterocycles. The second kappa shape index (κ2) is 11.9. The van der Waals surface area contributed by atoms with Crippen molar-refractivity contribution in [1.82, 2.24) is 29.5 Å². The number of nitrogens with zero attached hydrogens (tertiary/aromatic N) is 7. The molecule has 0 atom stereocenters. The smallest absolute Gasteiger partial charge is 0.227 e. The molecule has 0 radical (unpaired) electrons. The molecule has 13 heteroatoms. The van der Waals surface area contributed by atoms with Crippen molar-refractivity contribution in [2.75, 3.05) is 42.0 Å². The van der Waals surface area contributed by atoms with E-state index in [9.17, 15) is 5.21 Å². The molecule has 4 aromatic rings. The van der Waals surface area contributed by atoms with Gasteiger partial charge in [0.05, 0.1) is 42.2 Å². The Labute approximate surface area is 231 Å². The predicted octanol–water partition coefficient (Wildman–Crippen LogP) is 3.17. The molecule has 1 aliphatic heterocycles. The summed E-state index contributed by atoms with van der Waals surface area (Å²) in [5.74, 6) is 2.99. The van der Waals surface area contributed by atoms with Crippen molar-refractivity contribution < 1.29 is 19.4 Å². The van der Waals surface area contributed by atoms with Gasteiger partial charge >= 0.3 is 0 Å². The molecule has 2 aliphatic rings. The molecule has 4 aromatic heterocycles. The van der Waals surface area contributed by atoms with Gasteiger partial charge in [0.15, 0.2) is 0 Å². The maximum absolute atomic E-state index is 9.17. The standard InChI is InChI=1S/C27H33N9O4/c1-35-19(15-31-27(35)34-37)17-39-21-13-22-23(30-16-21)14-24(36-9-11-38-12-10-36)33-25(22)40-20-5-3-18(4-6-20)32-26-28-7-2-8-29-26/h2,7-8,13-16,18,20,37H,3-6,9-12,17H2,1H3,(H,31,34)(H,28,29,32). The molecule has 1 saturated carbocycles. The van der Waals surface area contributed by atoms with Crippen molar-refractivity contribution in [3.8, 4) is 11.6 Å². The number of rotatable bonds is 9. The molecule has 0 spiro atoms. The number of aromatic nitrogens is 6. The average Bonchev–Trinajstić information content (AvgIpc) is 3.37. The van der Waals surface area contributed by atoms with Gasteiger partial charge in [-0.15, -0.1) is 0 Å². The Morgan fingerprint density at radius 2 is 1.82 bits per heavy atom. The van der Waals surface area contributed by atoms with Crippen LogP contribution in [-0.2, 0) is 18.4 Å². The fourth-order valence-electron chi connectivity index (χ4n) is 5.06. The number of pyridine rings is 2. The molecule has 40 heavy (non-hydrogen) atoms. The van der Waals surface area contributed by atoms with Gasteiger partial charge in [-0.25, -0.2) is 20.4 Å². The van der Waals surface area contributed by atoms with Gasteiger partial charge in [0, 0.05) is 44.6 Å². The molecular formula is C27H33N9O4. The number of hydrogen-bond acceptors (Lipinski definition) is 12. The third kappa shape index (κ3) is 5.84. The van der Waals surface area contributed by atoms with Gasteiger partial charge in [0.25, 0.3) is 0 Å². The van der Waals surface area contributed by atoms with Crippen LogP contribution in [0, 0.1) is 0 Å². The van der Waals surface area contributed by atoms with Crippen molar-refractivity contribution in [3.63, 3.8) is 0 Å². The van der Waals surface area contributed by atoms with Crippen molar-refractivity contribution >= 4 is 28.6 Å². The van der Waals surface area contributed by atoms with E-state index in [2.05, 4.69) is 30.6 Å². The lowest BCUT2D eigenvalue weighted by Crippen LogP contribution is -2.37. The maximum Gasteiger partial charge on any atom is 0.227 e. The molecule has 210 valence electrons. The van der Waals surface area contributed by atoms with Crippen LogP contribution in [0.3, 0.4) is 0 Å². The Morgan fingerprint density at radius 1 is 1.02 bits per heavy atom. The first-order valence-electron chi connectivity index (χ1n) is 13.5. The van der Waals surface area contributed by atoms with Crippen molar-refractivity contribution in [2.24, 2.45) is 7.05 Å². The van der Waals surface area contributed by atoms with Crippen LogP contribution in [0.25, 0.3) is 10.9 Å². The lowest BCUT2D eigenvalue weighted by Gasteiger charge is -2.31. The molecular weight excluding hydrogens is 514 g/mol. The predicted molar refractivity (Wildman–Crippen MR) is 148 cm³/mol. The topological polar surface area (TPSA) is 145 Å². The molecule has 0 unspecified atom stereocenters. The van der Waals surface area contributed by atoms with Gasteiger partial charge < -0.3 is 29.0 Å². The zero-order valence-corrected chi connectivity index (χ0v) is 22.4. The third-order valence-corrected chi connectivity index (χ3v) is 7.36. The van der Waals surface area contributed by atoms with Crippen LogP contribution >= 0.6 is 0 Å². The number of fused-ring (bicyclic) bond motifs is 1. The van der Waals surface area contributed by atoms with Gasteiger partial charge in [0.1, 0.15) is 24.3 Å². The van der Waals surface area contributed by atoms with E-state index in [0.717, 1.165) is 61.2 Å². The van der Waals surface area contributed by atoms with Crippen LogP contribution in [0.1, 0.15) is 31.4 Å². The quantitative estimate of drug-likeness (QED) is 0.265. The molecule has 3 N–H and O–H groups in total. The Balaban J connectivity index is 1.20. The minimum Gasteiger partial charge on any atom is -0.486 e. The van der Waals surface area contributed by atoms with Crippen molar-refractivity contribution in [2.45, 2.75) is 44.4 Å². The van der Waals surface area contributed by atoms with Gasteiger partial charge in [-0.3, -0.25) is 10.2 Å². The summed E-state index contributed by atoms with van der Waals surface area (Å²) in [6, 6.07) is 6.04. The Kier molecular flexibility index (Phi) is 7.73. The number of anilines is 3. The summed E-state index contributed by atoms with van der Waals surface area (Å²) in [5.41, 5.74) is 3.65. The molecule has 0 bridgehead atoms. The van der Waals surface area contributed by atoms with E-state index in [1.54, 1.807) is 36.4 Å². The minimum absolute atomic E-state index is 0.0359. The zero-order chi connectivity index (χ0) is 27.3. The summed E-state index contributed by atoms with van der Waals surface area (Å²) >= 11 is 0. The average molecular weight is 548 g/mol. The van der Waals surface area contributed by atoms with Crippen molar-refractivity contribution in [1.29, 1.82) is 0 Å². The van der Waals surface area contributed by atoms with Gasteiger partial charge in [-0.2, -0.15) is 4.98 Å². The van der Waals surface area contributed by atoms with Crippen LogP contribution in [0.2, 0.25) is 0 Å². The fraction of sp³-hybridized carbons (Fsp3) is 0.444. The second-order valence-electron chi connectivity index (χ2n) is 9.96. The number of ether oxygens (including phenoxy) is 3. The van der Waals surface area contributed by atoms with Crippen molar-refractivity contribution in [3.05, 3.63) is 48.7 Å². The highest BCUT2D eigenvalue weighted by Crippen LogP contribution is 2.33. The molecule has 6 rings (SSSR count). The summed E-state index contributed by atoms with van der Waals surface area (Å²) in [6.07, 6.45) is 10.6. The first-order chi connectivity index (χ1) is 19.7. The van der Waals surface area contributed by atoms with E-state index < -0.39 is 0 Å². The minimum atomic E-state index is 0.0359. The lowest BCUT2D eigenvalue weighted by atomic mass is 9.93. The summed E-state index contributed by atoms with van der Waals surface area (Å²) in [7, 11) is 1.79. The van der Waals surface area contributed by atoms with Crippen LogP contribution in [0.5, 0.6) is 11.6 Å². The highest BCUT2D eigenvalue weighted by molar-refractivity contribution is 5.87. The number of nitrogens with one attached hydrogen (secondary N) is 2. The highest BCUT2D eigenvalue weighted by atomic mass is 16.5. The number of imidazole rings is 1. The SMILES string of the molecule is Cn1c(COc2cnc3cc(N4CCOCC4)nc(OC4CCC(Nc5ncccn5)CC4)c3c2)cnc1NO. The van der Waals surface area contributed by atoms with Gasteiger partial charge in [0.2, 0.25) is 17.8 Å². The number of hydrogen-bond donors (Lipinski definition) is 3. The van der Waals surface area contributed by atoms with E-state index in [1.165, 1.54) is 0 Å². The Hall–Kier alpha value is -4.23. The molecule has 2 fully saturated rings. The third-order valence-electron chi connectivity index (χ3n) is 7.36. The summed E-state index contributed by atoms with van der Waals surface area (Å²) < 4.78 is 19.9. The van der Waals surface area contributed by atoms with Crippen LogP contribution in [0.15, 0.2) is 43.0 Å². The first-order valence-corrected chi connectivity index (χ1v) is 13.5. The monoisotopic (exact) mass is 547 g/mol. The highest BCUT2D eigenvalue weighted by Gasteiger charge is 2.25. The Bertz CT molecular complexity index is 1420. The summed E-state index contributed by atoms with van der Waals surface area (Å²) in [6.45, 7) is 3.13. The maximum atomic E-state index is 9.17. The lowest BCUT2D eigenvalue weighted by molar-refractivity contribution is 0.122. The van der Waals surface area contributed by atoms with E-state index in [-0.39, 0.29) is 12.7 Å². The normalized spacial score (nSPS) is 19.4. The van der Waals surface area contributed by atoms with E-state index in [0.29, 0.717) is 42.8 Å². The fourth-order valence-corrected chi connectivity index (χ4v) is 5.06. The van der Waals surface area contributed by atoms with E-state index in [4.69, 9.17) is 24.2 Å². The summed E-state index contributed by atoms with van der Waals surface area (Å²) in [4.78, 5) is 24.6. The van der Waals surface area contributed by atoms with Crippen LogP contribution < -0.4 is 25.2 Å². The van der Waals surface area contributed by atoms with E-state index >= 15 is 0 Å². The molecule has 13 nitrogen and oxygen atoms in total. The molecule has 0 aromatic carbocycles. The van der Waals surface area contributed by atoms with Gasteiger partial charge in [-0.1, -0.05) is 0 Å². The van der Waals surface area contributed by atoms with E-state index in [1.807, 2.05) is 18.2 Å². The largest absolute Gasteiger partial charge is 0.486 e. The van der Waals surface area contributed by atoms with Gasteiger partial charge in [-0.05, 0) is 37.8 Å². The van der Waals surface area contributed by atoms with Crippen LogP contribution in [0.4, 0.5) is 17.7 Å². The van der Waals surface area contributed by atoms with Crippen LogP contribution in [-0.4, -0.2) is 73.1 Å². The Morgan fingerprint density at radius 3 is 2.58 bits per heavy atom. The zero-order valence-electron chi connectivity index (χ0n) is 22.4.